The van der Waals surface area contributed by atoms with Crippen molar-refractivity contribution < 1.29 is 9.47 Å². The Morgan fingerprint density at radius 1 is 1.19 bits per heavy atom. The Kier molecular flexibility index (Phi) is 6.95. The van der Waals surface area contributed by atoms with Crippen molar-refractivity contribution in [3.05, 3.63) is 29.8 Å². The lowest BCUT2D eigenvalue weighted by molar-refractivity contribution is 0.109. The van der Waals surface area contributed by atoms with Gasteiger partial charge >= 0.3 is 0 Å². The fourth-order valence-electron chi connectivity index (χ4n) is 2.53. The summed E-state index contributed by atoms with van der Waals surface area (Å²) in [6.07, 6.45) is 1.05. The van der Waals surface area contributed by atoms with E-state index in [4.69, 9.17) is 9.47 Å². The number of hydrazine groups is 1. The first kappa shape index (κ1) is 16.2. The van der Waals surface area contributed by atoms with Gasteiger partial charge in [0.05, 0.1) is 12.6 Å². The predicted octanol–water partition coefficient (Wildman–Crippen LogP) is 1.62. The van der Waals surface area contributed by atoms with Crippen LogP contribution in [-0.4, -0.2) is 39.0 Å². The average Bonchev–Trinajstić information content (AvgIpc) is 2.98. The number of para-hydroxylation sites is 1. The van der Waals surface area contributed by atoms with Gasteiger partial charge in [-0.1, -0.05) is 25.1 Å². The Hall–Kier alpha value is -1.14. The van der Waals surface area contributed by atoms with Crippen LogP contribution in [0.3, 0.4) is 0 Å². The number of nitrogens with one attached hydrogen (secondary N) is 3. The average molecular weight is 293 g/mol. The largest absolute Gasteiger partial charge is 0.491 e. The highest BCUT2D eigenvalue weighted by Gasteiger charge is 2.26. The summed E-state index contributed by atoms with van der Waals surface area (Å²) in [6, 6.07) is 8.97. The first-order valence-electron chi connectivity index (χ1n) is 7.86. The number of hydrogen-bond acceptors (Lipinski definition) is 5. The Balaban J connectivity index is 1.90. The van der Waals surface area contributed by atoms with Crippen LogP contribution in [0.1, 0.15) is 31.9 Å². The molecule has 0 aromatic heterocycles. The number of benzene rings is 1. The number of rotatable bonds is 9. The summed E-state index contributed by atoms with van der Waals surface area (Å²) in [5, 5.41) is 3.37. The fourth-order valence-corrected chi connectivity index (χ4v) is 2.53. The molecule has 0 bridgehead atoms. The first-order valence-corrected chi connectivity index (χ1v) is 7.86. The van der Waals surface area contributed by atoms with E-state index in [-0.39, 0.29) is 6.04 Å². The van der Waals surface area contributed by atoms with Gasteiger partial charge in [0, 0.05) is 24.8 Å². The lowest BCUT2D eigenvalue weighted by Gasteiger charge is -2.16. The lowest BCUT2D eigenvalue weighted by atomic mass is 10.0. The van der Waals surface area contributed by atoms with E-state index in [1.807, 2.05) is 19.1 Å². The van der Waals surface area contributed by atoms with Crippen molar-refractivity contribution in [1.29, 1.82) is 0 Å². The van der Waals surface area contributed by atoms with Crippen LogP contribution in [0, 0.1) is 0 Å². The molecule has 0 radical (unpaired) electrons. The van der Waals surface area contributed by atoms with Crippen LogP contribution < -0.4 is 20.9 Å². The molecule has 5 nitrogen and oxygen atoms in total. The summed E-state index contributed by atoms with van der Waals surface area (Å²) in [5.74, 6) is 0.945. The van der Waals surface area contributed by atoms with Gasteiger partial charge in [0.25, 0.3) is 0 Å². The van der Waals surface area contributed by atoms with Crippen molar-refractivity contribution in [1.82, 2.24) is 16.2 Å². The molecule has 2 rings (SSSR count). The topological polar surface area (TPSA) is 54.5 Å². The fraction of sp³-hybridized carbons (Fsp3) is 0.625. The minimum Gasteiger partial charge on any atom is -0.491 e. The minimum atomic E-state index is 0.289. The van der Waals surface area contributed by atoms with Gasteiger partial charge < -0.3 is 14.8 Å². The molecule has 118 valence electrons. The van der Waals surface area contributed by atoms with Gasteiger partial charge in [0.1, 0.15) is 12.4 Å². The van der Waals surface area contributed by atoms with Gasteiger partial charge in [-0.3, -0.25) is 5.43 Å². The van der Waals surface area contributed by atoms with Crippen LogP contribution in [-0.2, 0) is 4.74 Å². The monoisotopic (exact) mass is 293 g/mol. The zero-order valence-corrected chi connectivity index (χ0v) is 13.0. The molecule has 1 fully saturated rings. The van der Waals surface area contributed by atoms with Crippen LogP contribution in [0.15, 0.2) is 24.3 Å². The van der Waals surface area contributed by atoms with Crippen molar-refractivity contribution >= 4 is 0 Å². The van der Waals surface area contributed by atoms with Crippen molar-refractivity contribution in [2.24, 2.45) is 0 Å². The molecule has 1 saturated heterocycles. The van der Waals surface area contributed by atoms with Crippen molar-refractivity contribution in [2.75, 3.05) is 32.9 Å². The second kappa shape index (κ2) is 9.00. The second-order valence-corrected chi connectivity index (χ2v) is 5.16. The van der Waals surface area contributed by atoms with Crippen LogP contribution in [0.25, 0.3) is 0 Å². The van der Waals surface area contributed by atoms with Gasteiger partial charge in [0.2, 0.25) is 0 Å². The molecule has 2 unspecified atom stereocenters. The highest BCUT2D eigenvalue weighted by atomic mass is 16.5. The van der Waals surface area contributed by atoms with E-state index in [1.54, 1.807) is 0 Å². The molecule has 21 heavy (non-hydrogen) atoms. The molecule has 5 heteroatoms. The number of hydrogen-bond donors (Lipinski definition) is 3. The van der Waals surface area contributed by atoms with Gasteiger partial charge in [-0.25, -0.2) is 5.43 Å². The maximum absolute atomic E-state index is 5.86. The van der Waals surface area contributed by atoms with E-state index in [2.05, 4.69) is 35.2 Å². The van der Waals surface area contributed by atoms with Gasteiger partial charge in [-0.05, 0) is 26.0 Å². The van der Waals surface area contributed by atoms with E-state index in [0.717, 1.165) is 31.9 Å². The Morgan fingerprint density at radius 2 is 2.05 bits per heavy atom. The van der Waals surface area contributed by atoms with Gasteiger partial charge in [-0.15, -0.1) is 0 Å². The molecule has 0 amide bonds. The zero-order chi connectivity index (χ0) is 14.9. The third-order valence-corrected chi connectivity index (χ3v) is 3.61. The molecule has 0 aliphatic carbocycles. The normalized spacial score (nSPS) is 21.6. The molecule has 3 N–H and O–H groups in total. The van der Waals surface area contributed by atoms with Crippen molar-refractivity contribution in [3.63, 3.8) is 0 Å². The van der Waals surface area contributed by atoms with Crippen molar-refractivity contribution in [2.45, 2.75) is 32.4 Å². The van der Waals surface area contributed by atoms with Gasteiger partial charge in [-0.2, -0.15) is 0 Å². The third-order valence-electron chi connectivity index (χ3n) is 3.61. The van der Waals surface area contributed by atoms with E-state index in [0.29, 0.717) is 19.3 Å². The quantitative estimate of drug-likeness (QED) is 0.604. The van der Waals surface area contributed by atoms with Crippen molar-refractivity contribution in [3.8, 4) is 5.75 Å². The predicted molar refractivity (Wildman–Crippen MR) is 84.4 cm³/mol. The summed E-state index contributed by atoms with van der Waals surface area (Å²) in [6.45, 7) is 8.04. The van der Waals surface area contributed by atoms with E-state index < -0.39 is 0 Å². The molecule has 1 aliphatic rings. The second-order valence-electron chi connectivity index (χ2n) is 5.16. The maximum Gasteiger partial charge on any atom is 0.124 e. The van der Waals surface area contributed by atoms with Crippen LogP contribution in [0.4, 0.5) is 0 Å². The Labute approximate surface area is 127 Å². The summed E-state index contributed by atoms with van der Waals surface area (Å²) in [4.78, 5) is 0. The van der Waals surface area contributed by atoms with Gasteiger partial charge in [0.15, 0.2) is 0 Å². The summed E-state index contributed by atoms with van der Waals surface area (Å²) in [7, 11) is 0. The summed E-state index contributed by atoms with van der Waals surface area (Å²) >= 11 is 0. The third kappa shape index (κ3) is 4.97. The Morgan fingerprint density at radius 3 is 2.86 bits per heavy atom. The maximum atomic E-state index is 5.86. The van der Waals surface area contributed by atoms with Crippen LogP contribution in [0.2, 0.25) is 0 Å². The molecule has 1 heterocycles. The molecule has 0 saturated carbocycles. The highest BCUT2D eigenvalue weighted by Crippen LogP contribution is 2.29. The zero-order valence-electron chi connectivity index (χ0n) is 13.0. The molecule has 2 atom stereocenters. The molecular weight excluding hydrogens is 266 g/mol. The lowest BCUT2D eigenvalue weighted by Crippen LogP contribution is -2.37. The van der Waals surface area contributed by atoms with Crippen LogP contribution in [0.5, 0.6) is 5.75 Å². The highest BCUT2D eigenvalue weighted by molar-refractivity contribution is 5.36. The summed E-state index contributed by atoms with van der Waals surface area (Å²) < 4.78 is 11.2. The molecule has 1 aromatic rings. The standard InChI is InChI=1S/C16H27N3O2/c1-3-17-12-13-11-15(19-18-13)14-7-5-6-8-16(14)21-10-9-20-4-2/h5-8,13,15,17-19H,3-4,9-12H2,1-2H3. The molecule has 1 aliphatic heterocycles. The van der Waals surface area contributed by atoms with Crippen LogP contribution >= 0.6 is 0 Å². The SMILES string of the molecule is CCNCC1CC(c2ccccc2OCCOCC)NN1. The number of likely N-dealkylation sites (N-methyl/N-ethyl adjacent to an activating group) is 1. The van der Waals surface area contributed by atoms with E-state index in [1.165, 1.54) is 5.56 Å². The number of ether oxygens (including phenoxy) is 2. The molecule has 1 aromatic carbocycles. The minimum absolute atomic E-state index is 0.289. The summed E-state index contributed by atoms with van der Waals surface area (Å²) in [5.41, 5.74) is 7.93. The molecular formula is C16H27N3O2. The van der Waals surface area contributed by atoms with E-state index >= 15 is 0 Å². The molecule has 0 spiro atoms. The first-order chi connectivity index (χ1) is 10.3. The van der Waals surface area contributed by atoms with E-state index in [9.17, 15) is 0 Å². The smallest absolute Gasteiger partial charge is 0.124 e. The Bertz CT molecular complexity index is 414.